The van der Waals surface area contributed by atoms with Crippen LogP contribution in [-0.4, -0.2) is 5.88 Å². The third kappa shape index (κ3) is 2.08. The quantitative estimate of drug-likeness (QED) is 0.697. The summed E-state index contributed by atoms with van der Waals surface area (Å²) in [5, 5.41) is 8.93. The fourth-order valence-electron chi connectivity index (χ4n) is 1.57. The molecule has 0 saturated heterocycles. The van der Waals surface area contributed by atoms with E-state index in [-0.39, 0.29) is 5.92 Å². The molecule has 0 aliphatic carbocycles. The highest BCUT2D eigenvalue weighted by molar-refractivity contribution is 6.18. The van der Waals surface area contributed by atoms with Crippen LogP contribution in [0.3, 0.4) is 0 Å². The van der Waals surface area contributed by atoms with Crippen molar-refractivity contribution in [2.75, 3.05) is 5.88 Å². The molecular formula is C12H13ClN. The van der Waals surface area contributed by atoms with Gasteiger partial charge in [0.05, 0.1) is 11.6 Å². The number of nitrogens with zero attached hydrogens (tertiary/aromatic N) is 1. The zero-order valence-corrected chi connectivity index (χ0v) is 9.01. The third-order valence-electron chi connectivity index (χ3n) is 2.31. The van der Waals surface area contributed by atoms with Gasteiger partial charge >= 0.3 is 0 Å². The van der Waals surface area contributed by atoms with Gasteiger partial charge in [0.15, 0.2) is 0 Å². The Hall–Kier alpha value is -1.00. The number of benzene rings is 1. The molecule has 1 radical (unpaired) electrons. The van der Waals surface area contributed by atoms with Gasteiger partial charge in [0.1, 0.15) is 0 Å². The van der Waals surface area contributed by atoms with Crippen LogP contribution in [0.1, 0.15) is 29.5 Å². The molecule has 0 amide bonds. The Bertz CT molecular complexity index is 352. The molecule has 1 rings (SSSR count). The van der Waals surface area contributed by atoms with Crippen molar-refractivity contribution >= 4 is 11.6 Å². The Morgan fingerprint density at radius 3 is 2.79 bits per heavy atom. The van der Waals surface area contributed by atoms with Crippen LogP contribution in [0.15, 0.2) is 18.2 Å². The van der Waals surface area contributed by atoms with Crippen LogP contribution in [-0.2, 0) is 6.42 Å². The molecule has 0 heterocycles. The lowest BCUT2D eigenvalue weighted by atomic mass is 9.92. The molecule has 1 aromatic rings. The van der Waals surface area contributed by atoms with E-state index in [4.69, 9.17) is 16.9 Å². The number of rotatable bonds is 3. The number of nitriles is 1. The SMILES string of the molecule is [CH2]C(CCl)c1cccc(C#N)c1CC. The molecule has 0 aliphatic heterocycles. The van der Waals surface area contributed by atoms with E-state index in [1.165, 1.54) is 0 Å². The van der Waals surface area contributed by atoms with Gasteiger partial charge in [-0.2, -0.15) is 5.26 Å². The van der Waals surface area contributed by atoms with Crippen molar-refractivity contribution in [3.8, 4) is 6.07 Å². The maximum Gasteiger partial charge on any atom is 0.0994 e. The minimum absolute atomic E-state index is 0.0694. The van der Waals surface area contributed by atoms with Crippen LogP contribution in [0.4, 0.5) is 0 Å². The first-order valence-electron chi connectivity index (χ1n) is 4.65. The van der Waals surface area contributed by atoms with Crippen molar-refractivity contribution < 1.29 is 0 Å². The van der Waals surface area contributed by atoms with Gasteiger partial charge in [-0.3, -0.25) is 0 Å². The summed E-state index contributed by atoms with van der Waals surface area (Å²) in [7, 11) is 0. The van der Waals surface area contributed by atoms with Crippen LogP contribution in [0, 0.1) is 18.3 Å². The van der Waals surface area contributed by atoms with Gasteiger partial charge in [-0.05, 0) is 36.5 Å². The average molecular weight is 207 g/mol. The molecule has 1 atom stereocenters. The molecule has 0 aliphatic rings. The molecule has 0 bridgehead atoms. The molecule has 1 unspecified atom stereocenters. The number of alkyl halides is 1. The summed E-state index contributed by atoms with van der Waals surface area (Å²) in [6.45, 7) is 6.01. The summed E-state index contributed by atoms with van der Waals surface area (Å²) in [5.41, 5.74) is 2.92. The minimum Gasteiger partial charge on any atom is -0.192 e. The van der Waals surface area contributed by atoms with Gasteiger partial charge in [0.25, 0.3) is 0 Å². The van der Waals surface area contributed by atoms with Crippen molar-refractivity contribution in [3.05, 3.63) is 41.8 Å². The van der Waals surface area contributed by atoms with Crippen molar-refractivity contribution in [2.45, 2.75) is 19.3 Å². The molecule has 1 aromatic carbocycles. The first kappa shape index (κ1) is 11.1. The van der Waals surface area contributed by atoms with E-state index in [0.717, 1.165) is 23.1 Å². The second-order valence-electron chi connectivity index (χ2n) is 3.19. The topological polar surface area (TPSA) is 23.8 Å². The molecule has 0 spiro atoms. The predicted octanol–water partition coefficient (Wildman–Crippen LogP) is 3.28. The first-order chi connectivity index (χ1) is 6.74. The zero-order valence-electron chi connectivity index (χ0n) is 8.26. The fraction of sp³-hybridized carbons (Fsp3) is 0.333. The second-order valence-corrected chi connectivity index (χ2v) is 3.50. The predicted molar refractivity (Wildman–Crippen MR) is 59.4 cm³/mol. The van der Waals surface area contributed by atoms with E-state index in [9.17, 15) is 0 Å². The highest BCUT2D eigenvalue weighted by Crippen LogP contribution is 2.23. The Kier molecular flexibility index (Phi) is 3.98. The molecule has 0 fully saturated rings. The van der Waals surface area contributed by atoms with E-state index in [2.05, 4.69) is 13.0 Å². The van der Waals surface area contributed by atoms with Gasteiger partial charge in [-0.15, -0.1) is 11.6 Å². The largest absolute Gasteiger partial charge is 0.192 e. The monoisotopic (exact) mass is 206 g/mol. The normalized spacial score (nSPS) is 12.1. The Morgan fingerprint density at radius 1 is 1.57 bits per heavy atom. The average Bonchev–Trinajstić information content (AvgIpc) is 2.26. The van der Waals surface area contributed by atoms with Crippen LogP contribution in [0.25, 0.3) is 0 Å². The summed E-state index contributed by atoms with van der Waals surface area (Å²) < 4.78 is 0. The van der Waals surface area contributed by atoms with E-state index < -0.39 is 0 Å². The zero-order chi connectivity index (χ0) is 10.6. The lowest BCUT2D eigenvalue weighted by Crippen LogP contribution is -2.02. The molecule has 0 N–H and O–H groups in total. The molecule has 2 heteroatoms. The summed E-state index contributed by atoms with van der Waals surface area (Å²) in [5.74, 6) is 0.557. The van der Waals surface area contributed by atoms with Crippen molar-refractivity contribution in [1.82, 2.24) is 0 Å². The molecule has 1 nitrogen and oxygen atoms in total. The van der Waals surface area contributed by atoms with Gasteiger partial charge in [0.2, 0.25) is 0 Å². The maximum absolute atomic E-state index is 8.93. The van der Waals surface area contributed by atoms with Crippen LogP contribution in [0.2, 0.25) is 0 Å². The maximum atomic E-state index is 8.93. The molecule has 0 saturated carbocycles. The highest BCUT2D eigenvalue weighted by atomic mass is 35.5. The summed E-state index contributed by atoms with van der Waals surface area (Å²) in [6.07, 6.45) is 0.849. The van der Waals surface area contributed by atoms with Gasteiger partial charge in [-0.25, -0.2) is 0 Å². The number of halogens is 1. The Morgan fingerprint density at radius 2 is 2.29 bits per heavy atom. The second kappa shape index (κ2) is 5.02. The Balaban J connectivity index is 3.23. The van der Waals surface area contributed by atoms with E-state index in [1.54, 1.807) is 0 Å². The first-order valence-corrected chi connectivity index (χ1v) is 5.19. The number of hydrogen-bond donors (Lipinski definition) is 0. The summed E-state index contributed by atoms with van der Waals surface area (Å²) in [4.78, 5) is 0. The van der Waals surface area contributed by atoms with E-state index >= 15 is 0 Å². The summed E-state index contributed by atoms with van der Waals surface area (Å²) >= 11 is 5.77. The molecule has 14 heavy (non-hydrogen) atoms. The molecular weight excluding hydrogens is 194 g/mol. The van der Waals surface area contributed by atoms with Gasteiger partial charge in [0, 0.05) is 5.88 Å². The smallest absolute Gasteiger partial charge is 0.0994 e. The minimum atomic E-state index is 0.0694. The molecule has 0 aromatic heterocycles. The van der Waals surface area contributed by atoms with Gasteiger partial charge < -0.3 is 0 Å². The van der Waals surface area contributed by atoms with Crippen LogP contribution < -0.4 is 0 Å². The van der Waals surface area contributed by atoms with E-state index in [0.29, 0.717) is 5.88 Å². The third-order valence-corrected chi connectivity index (χ3v) is 2.68. The van der Waals surface area contributed by atoms with Crippen LogP contribution in [0.5, 0.6) is 0 Å². The van der Waals surface area contributed by atoms with E-state index in [1.807, 2.05) is 25.1 Å². The lowest BCUT2D eigenvalue weighted by Gasteiger charge is -2.13. The van der Waals surface area contributed by atoms with Crippen molar-refractivity contribution in [2.24, 2.45) is 0 Å². The standard InChI is InChI=1S/C12H13ClN/c1-3-11-10(8-14)5-4-6-12(11)9(2)7-13/h4-6,9H,2-3,7H2,1H3. The van der Waals surface area contributed by atoms with Crippen molar-refractivity contribution in [1.29, 1.82) is 5.26 Å². The van der Waals surface area contributed by atoms with Crippen molar-refractivity contribution in [3.63, 3.8) is 0 Å². The van der Waals surface area contributed by atoms with Gasteiger partial charge in [-0.1, -0.05) is 19.1 Å². The highest BCUT2D eigenvalue weighted by Gasteiger charge is 2.11. The lowest BCUT2D eigenvalue weighted by molar-refractivity contribution is 0.930. The number of hydrogen-bond acceptors (Lipinski definition) is 1. The summed E-state index contributed by atoms with van der Waals surface area (Å²) in [6, 6.07) is 7.92. The Labute approximate surface area is 90.3 Å². The molecule has 73 valence electrons. The van der Waals surface area contributed by atoms with Crippen LogP contribution >= 0.6 is 11.6 Å². The fourth-order valence-corrected chi connectivity index (χ4v) is 1.74.